The number of aryl methyl sites for hydroxylation is 1. The number of hydrogen-bond donors (Lipinski definition) is 0. The molecule has 0 radical (unpaired) electrons. The van der Waals surface area contributed by atoms with Crippen LogP contribution < -0.4 is 9.64 Å². The second-order valence-electron chi connectivity index (χ2n) is 4.39. The lowest BCUT2D eigenvalue weighted by atomic mass is 10.1. The fourth-order valence-corrected chi connectivity index (χ4v) is 2.56. The number of ether oxygens (including phenoxy) is 2. The van der Waals surface area contributed by atoms with Crippen molar-refractivity contribution in [2.75, 3.05) is 18.8 Å². The number of nitrogens with zero attached hydrogens (tertiary/aromatic N) is 2. The average molecular weight is 315 g/mol. The van der Waals surface area contributed by atoms with Crippen LogP contribution in [0.5, 0.6) is 5.75 Å². The van der Waals surface area contributed by atoms with Gasteiger partial charge >= 0.3 is 0 Å². The van der Waals surface area contributed by atoms with Crippen LogP contribution in [0.1, 0.15) is 11.1 Å². The quantitative estimate of drug-likeness (QED) is 0.482. The van der Waals surface area contributed by atoms with Crippen LogP contribution in [0, 0.1) is 13.8 Å². The van der Waals surface area contributed by atoms with E-state index >= 15 is 0 Å². The summed E-state index contributed by atoms with van der Waals surface area (Å²) in [6.45, 7) is 4.19. The molecule has 0 amide bonds. The molecule has 1 atom stereocenters. The molecule has 1 aliphatic rings. The van der Waals surface area contributed by atoms with E-state index in [9.17, 15) is 0 Å². The number of rotatable bonds is 4. The van der Waals surface area contributed by atoms with Crippen LogP contribution in [0.3, 0.4) is 0 Å². The highest BCUT2D eigenvalue weighted by Gasteiger charge is 2.22. The van der Waals surface area contributed by atoms with Crippen molar-refractivity contribution in [2.45, 2.75) is 19.5 Å². The Morgan fingerprint density at radius 1 is 1.35 bits per heavy atom. The Kier molecular flexibility index (Phi) is 4.91. The van der Waals surface area contributed by atoms with Gasteiger partial charge in [-0.2, -0.15) is 0 Å². The zero-order valence-electron chi connectivity index (χ0n) is 11.6. The van der Waals surface area contributed by atoms with Crippen molar-refractivity contribution >= 4 is 34.1 Å². The fraction of sp³-hybridized carbons (Fsp3) is 0.357. The minimum atomic E-state index is -0.567. The zero-order chi connectivity index (χ0) is 14.7. The molecule has 108 valence electrons. The molecule has 0 saturated carbocycles. The topological polar surface area (TPSA) is 34.1 Å². The SMILES string of the molecule is COCOc1ccc(C)c(N2C=CC(Cl)=NC2Cl)c1C. The van der Waals surface area contributed by atoms with Gasteiger partial charge in [0.25, 0.3) is 0 Å². The lowest BCUT2D eigenvalue weighted by Gasteiger charge is -2.29. The Morgan fingerprint density at radius 3 is 2.75 bits per heavy atom. The van der Waals surface area contributed by atoms with Crippen LogP contribution in [0.25, 0.3) is 0 Å². The molecular formula is C14H16Cl2N2O2. The monoisotopic (exact) mass is 314 g/mol. The van der Waals surface area contributed by atoms with Crippen molar-refractivity contribution in [3.05, 3.63) is 35.5 Å². The van der Waals surface area contributed by atoms with Crippen LogP contribution in [-0.4, -0.2) is 24.7 Å². The zero-order valence-corrected chi connectivity index (χ0v) is 13.1. The molecule has 0 N–H and O–H groups in total. The van der Waals surface area contributed by atoms with Gasteiger partial charge in [0.15, 0.2) is 6.79 Å². The molecule has 1 aromatic carbocycles. The Bertz CT molecular complexity index is 558. The van der Waals surface area contributed by atoms with Crippen molar-refractivity contribution in [3.63, 3.8) is 0 Å². The second-order valence-corrected chi connectivity index (χ2v) is 5.17. The van der Waals surface area contributed by atoms with E-state index in [1.807, 2.05) is 37.1 Å². The maximum Gasteiger partial charge on any atom is 0.203 e. The van der Waals surface area contributed by atoms with Gasteiger partial charge in [-0.05, 0) is 31.6 Å². The van der Waals surface area contributed by atoms with Crippen molar-refractivity contribution in [2.24, 2.45) is 4.99 Å². The minimum absolute atomic E-state index is 0.202. The highest BCUT2D eigenvalue weighted by Crippen LogP contribution is 2.35. The third kappa shape index (κ3) is 3.08. The first kappa shape index (κ1) is 15.2. The molecule has 20 heavy (non-hydrogen) atoms. The molecule has 0 aliphatic carbocycles. The summed E-state index contributed by atoms with van der Waals surface area (Å²) in [4.78, 5) is 5.99. The summed E-state index contributed by atoms with van der Waals surface area (Å²) in [5.74, 6) is 0.755. The molecule has 1 unspecified atom stereocenters. The van der Waals surface area contributed by atoms with Crippen molar-refractivity contribution in [3.8, 4) is 5.75 Å². The molecule has 0 aromatic heterocycles. The molecule has 0 bridgehead atoms. The third-order valence-corrected chi connectivity index (χ3v) is 3.54. The van der Waals surface area contributed by atoms with Gasteiger partial charge < -0.3 is 14.4 Å². The molecule has 1 aliphatic heterocycles. The maximum absolute atomic E-state index is 6.25. The average Bonchev–Trinajstić information content (AvgIpc) is 2.40. The van der Waals surface area contributed by atoms with Crippen LogP contribution in [0.4, 0.5) is 5.69 Å². The van der Waals surface area contributed by atoms with E-state index in [0.29, 0.717) is 5.17 Å². The molecular weight excluding hydrogens is 299 g/mol. The van der Waals surface area contributed by atoms with Crippen molar-refractivity contribution in [1.82, 2.24) is 0 Å². The van der Waals surface area contributed by atoms with Gasteiger partial charge in [-0.3, -0.25) is 0 Å². The number of benzene rings is 1. The number of methoxy groups -OCH3 is 1. The number of aliphatic imine (C=N–C) groups is 1. The molecule has 4 nitrogen and oxygen atoms in total. The summed E-state index contributed by atoms with van der Waals surface area (Å²) < 4.78 is 10.5. The van der Waals surface area contributed by atoms with Gasteiger partial charge in [-0.15, -0.1) is 0 Å². The van der Waals surface area contributed by atoms with Crippen LogP contribution in [0.2, 0.25) is 0 Å². The molecule has 0 fully saturated rings. The lowest BCUT2D eigenvalue weighted by molar-refractivity contribution is 0.0506. The van der Waals surface area contributed by atoms with Gasteiger partial charge in [0.1, 0.15) is 10.9 Å². The Labute approximate surface area is 128 Å². The summed E-state index contributed by atoms with van der Waals surface area (Å²) in [5.41, 5.74) is 2.45. The highest BCUT2D eigenvalue weighted by atomic mass is 35.5. The van der Waals surface area contributed by atoms with Gasteiger partial charge in [-0.1, -0.05) is 29.3 Å². The molecule has 0 spiro atoms. The molecule has 1 heterocycles. The minimum Gasteiger partial charge on any atom is -0.467 e. The summed E-state index contributed by atoms with van der Waals surface area (Å²) in [5, 5.41) is 0.392. The Hall–Kier alpha value is -1.23. The lowest BCUT2D eigenvalue weighted by Crippen LogP contribution is -2.28. The summed E-state index contributed by atoms with van der Waals surface area (Å²) in [6, 6.07) is 3.89. The van der Waals surface area contributed by atoms with E-state index in [1.165, 1.54) is 0 Å². The van der Waals surface area contributed by atoms with Crippen molar-refractivity contribution < 1.29 is 9.47 Å². The normalized spacial score (nSPS) is 18.1. The van der Waals surface area contributed by atoms with E-state index in [0.717, 1.165) is 22.6 Å². The van der Waals surface area contributed by atoms with Gasteiger partial charge in [0.05, 0.1) is 5.69 Å². The van der Waals surface area contributed by atoms with Crippen LogP contribution in [0.15, 0.2) is 29.4 Å². The number of allylic oxidation sites excluding steroid dienone is 1. The molecule has 1 aromatic rings. The standard InChI is InChI=1S/C14H16Cl2N2O2/c1-9-4-5-11(20-8-19-3)10(2)13(9)18-7-6-12(15)17-14(18)16/h4-7,14H,8H2,1-3H3. The fourth-order valence-electron chi connectivity index (χ4n) is 2.09. The Balaban J connectivity index is 2.38. The number of anilines is 1. The highest BCUT2D eigenvalue weighted by molar-refractivity contribution is 6.68. The van der Waals surface area contributed by atoms with Gasteiger partial charge in [0, 0.05) is 18.9 Å². The first-order chi connectivity index (χ1) is 9.54. The van der Waals surface area contributed by atoms with E-state index in [1.54, 1.807) is 13.2 Å². The first-order valence-electron chi connectivity index (χ1n) is 6.10. The molecule has 2 rings (SSSR count). The third-order valence-electron chi connectivity index (χ3n) is 3.01. The number of hydrogen-bond acceptors (Lipinski definition) is 4. The van der Waals surface area contributed by atoms with Gasteiger partial charge in [0.2, 0.25) is 5.62 Å². The van der Waals surface area contributed by atoms with Gasteiger partial charge in [-0.25, -0.2) is 4.99 Å². The van der Waals surface area contributed by atoms with Crippen LogP contribution >= 0.6 is 23.2 Å². The van der Waals surface area contributed by atoms with E-state index < -0.39 is 5.62 Å². The first-order valence-corrected chi connectivity index (χ1v) is 6.92. The predicted octanol–water partition coefficient (Wildman–Crippen LogP) is 3.78. The predicted molar refractivity (Wildman–Crippen MR) is 83.0 cm³/mol. The molecule has 0 saturated heterocycles. The Morgan fingerprint density at radius 2 is 2.10 bits per heavy atom. The summed E-state index contributed by atoms with van der Waals surface area (Å²) >= 11 is 12.1. The maximum atomic E-state index is 6.25. The van der Waals surface area contributed by atoms with E-state index in [-0.39, 0.29) is 6.79 Å². The van der Waals surface area contributed by atoms with Crippen molar-refractivity contribution in [1.29, 1.82) is 0 Å². The second kappa shape index (κ2) is 6.48. The van der Waals surface area contributed by atoms with E-state index in [4.69, 9.17) is 32.7 Å². The number of alkyl halides is 1. The largest absolute Gasteiger partial charge is 0.467 e. The van der Waals surface area contributed by atoms with Crippen LogP contribution in [-0.2, 0) is 4.74 Å². The molecule has 6 heteroatoms. The van der Waals surface area contributed by atoms with E-state index in [2.05, 4.69) is 4.99 Å². The smallest absolute Gasteiger partial charge is 0.203 e. The summed E-state index contributed by atoms with van der Waals surface area (Å²) in [7, 11) is 1.59. The number of halogens is 2. The summed E-state index contributed by atoms with van der Waals surface area (Å²) in [6.07, 6.45) is 3.53.